The van der Waals surface area contributed by atoms with Crippen molar-refractivity contribution in [1.82, 2.24) is 0 Å². The molecule has 7 heteroatoms. The summed E-state index contributed by atoms with van der Waals surface area (Å²) in [6.45, 7) is 0. The van der Waals surface area contributed by atoms with E-state index >= 15 is 0 Å². The summed E-state index contributed by atoms with van der Waals surface area (Å²) in [6.07, 6.45) is 1.04. The molecule has 0 aromatic heterocycles. The lowest BCUT2D eigenvalue weighted by Gasteiger charge is -2.10. The summed E-state index contributed by atoms with van der Waals surface area (Å²) in [5.41, 5.74) is 5.09. The molecule has 0 amide bonds. The second-order valence-corrected chi connectivity index (χ2v) is 6.16. The first kappa shape index (κ1) is 14.3. The molecule has 0 saturated heterocycles. The third kappa shape index (κ3) is 3.05. The Hall–Kier alpha value is -2.15. The van der Waals surface area contributed by atoms with Crippen molar-refractivity contribution in [1.29, 1.82) is 0 Å². The summed E-state index contributed by atoms with van der Waals surface area (Å²) < 4.78 is 54.4. The van der Waals surface area contributed by atoms with Crippen molar-refractivity contribution in [2.45, 2.75) is 4.90 Å². The van der Waals surface area contributed by atoms with E-state index in [1.54, 1.807) is 0 Å². The Morgan fingerprint density at radius 2 is 1.85 bits per heavy atom. The minimum absolute atomic E-state index is 0.0328. The quantitative estimate of drug-likeness (QED) is 0.885. The molecular weight excluding hydrogens is 288 g/mol. The van der Waals surface area contributed by atoms with Crippen LogP contribution in [0.1, 0.15) is 0 Å². The van der Waals surface area contributed by atoms with E-state index in [9.17, 15) is 17.2 Å². The molecule has 0 saturated carbocycles. The van der Waals surface area contributed by atoms with Crippen LogP contribution < -0.4 is 10.5 Å². The molecule has 0 aliphatic heterocycles. The molecule has 20 heavy (non-hydrogen) atoms. The maximum atomic E-state index is 13.3. The Bertz CT molecular complexity index is 760. The second kappa shape index (κ2) is 5.09. The zero-order chi connectivity index (χ0) is 14.9. The minimum Gasteiger partial charge on any atom is -0.455 e. The van der Waals surface area contributed by atoms with Gasteiger partial charge in [-0.15, -0.1) is 0 Å². The van der Waals surface area contributed by atoms with E-state index in [0.29, 0.717) is 6.07 Å². The van der Waals surface area contributed by atoms with Crippen LogP contribution in [0.3, 0.4) is 0 Å². The highest BCUT2D eigenvalue weighted by atomic mass is 32.2. The van der Waals surface area contributed by atoms with Crippen LogP contribution in [0.4, 0.5) is 14.5 Å². The highest BCUT2D eigenvalue weighted by Crippen LogP contribution is 2.31. The van der Waals surface area contributed by atoms with Crippen LogP contribution in [-0.4, -0.2) is 14.7 Å². The Balaban J connectivity index is 2.41. The fraction of sp³-hybridized carbons (Fsp3) is 0.0769. The van der Waals surface area contributed by atoms with E-state index in [0.717, 1.165) is 12.3 Å². The molecule has 2 rings (SSSR count). The second-order valence-electron chi connectivity index (χ2n) is 4.15. The van der Waals surface area contributed by atoms with Gasteiger partial charge in [0.05, 0.1) is 4.90 Å². The first-order chi connectivity index (χ1) is 9.27. The van der Waals surface area contributed by atoms with Gasteiger partial charge in [0.2, 0.25) is 0 Å². The van der Waals surface area contributed by atoms with Crippen molar-refractivity contribution in [3.63, 3.8) is 0 Å². The fourth-order valence-electron chi connectivity index (χ4n) is 1.54. The van der Waals surface area contributed by atoms with Crippen LogP contribution in [0, 0.1) is 11.6 Å². The Morgan fingerprint density at radius 1 is 1.15 bits per heavy atom. The van der Waals surface area contributed by atoms with Crippen molar-refractivity contribution < 1.29 is 21.9 Å². The Morgan fingerprint density at radius 3 is 2.50 bits per heavy atom. The molecule has 0 unspecified atom stereocenters. The normalized spacial score (nSPS) is 11.3. The third-order valence-electron chi connectivity index (χ3n) is 2.52. The third-order valence-corrected chi connectivity index (χ3v) is 3.63. The zero-order valence-corrected chi connectivity index (χ0v) is 11.2. The van der Waals surface area contributed by atoms with Gasteiger partial charge in [-0.1, -0.05) is 6.07 Å². The predicted molar refractivity (Wildman–Crippen MR) is 70.4 cm³/mol. The van der Waals surface area contributed by atoms with E-state index in [4.69, 9.17) is 10.5 Å². The van der Waals surface area contributed by atoms with Gasteiger partial charge in [0.25, 0.3) is 0 Å². The highest BCUT2D eigenvalue weighted by Gasteiger charge is 2.12. The van der Waals surface area contributed by atoms with Gasteiger partial charge in [0.1, 0.15) is 17.3 Å². The maximum absolute atomic E-state index is 13.3. The van der Waals surface area contributed by atoms with Gasteiger partial charge in [-0.25, -0.2) is 17.2 Å². The lowest BCUT2D eigenvalue weighted by Crippen LogP contribution is -1.99. The van der Waals surface area contributed by atoms with Crippen molar-refractivity contribution >= 4 is 15.5 Å². The average molecular weight is 299 g/mol. The summed E-state index contributed by atoms with van der Waals surface area (Å²) in [5, 5.41) is 0. The predicted octanol–water partition coefficient (Wildman–Crippen LogP) is 2.74. The molecule has 4 nitrogen and oxygen atoms in total. The first-order valence-electron chi connectivity index (χ1n) is 5.50. The summed E-state index contributed by atoms with van der Waals surface area (Å²) in [6, 6.07) is 7.10. The minimum atomic E-state index is -3.40. The number of nitrogen functional groups attached to an aromatic ring is 1. The Kier molecular flexibility index (Phi) is 3.63. The standard InChI is InChI=1S/C13H11F2NO3S/c1-20(17,18)10-4-2-3-9(7-10)19-12-6-8(14)5-11(15)13(12)16/h2-7H,16H2,1H3. The molecule has 0 fully saturated rings. The molecular formula is C13H11F2NO3S. The molecule has 0 aliphatic rings. The van der Waals surface area contributed by atoms with Gasteiger partial charge in [-0.05, 0) is 18.2 Å². The highest BCUT2D eigenvalue weighted by molar-refractivity contribution is 7.90. The number of anilines is 1. The molecule has 2 aromatic rings. The summed E-state index contributed by atoms with van der Waals surface area (Å²) in [7, 11) is -3.40. The van der Waals surface area contributed by atoms with Gasteiger partial charge < -0.3 is 10.5 Å². The monoisotopic (exact) mass is 299 g/mol. The van der Waals surface area contributed by atoms with Crippen LogP contribution in [0.2, 0.25) is 0 Å². The van der Waals surface area contributed by atoms with Crippen molar-refractivity contribution in [2.24, 2.45) is 0 Å². The molecule has 0 spiro atoms. The Labute approximate surface area is 114 Å². The SMILES string of the molecule is CS(=O)(=O)c1cccc(Oc2cc(F)cc(F)c2N)c1. The average Bonchev–Trinajstić information content (AvgIpc) is 2.35. The van der Waals surface area contributed by atoms with E-state index in [2.05, 4.69) is 0 Å². The smallest absolute Gasteiger partial charge is 0.175 e. The number of sulfone groups is 1. The lowest BCUT2D eigenvalue weighted by atomic mass is 10.2. The number of ether oxygens (including phenoxy) is 1. The van der Waals surface area contributed by atoms with Crippen LogP contribution in [-0.2, 0) is 9.84 Å². The van der Waals surface area contributed by atoms with Crippen molar-refractivity contribution in [3.8, 4) is 11.5 Å². The number of benzene rings is 2. The van der Waals surface area contributed by atoms with E-state index in [1.807, 2.05) is 0 Å². The van der Waals surface area contributed by atoms with Gasteiger partial charge in [-0.2, -0.15) is 0 Å². The number of rotatable bonds is 3. The van der Waals surface area contributed by atoms with Gasteiger partial charge in [-0.3, -0.25) is 0 Å². The number of nitrogens with two attached hydrogens (primary N) is 1. The molecule has 0 aliphatic carbocycles. The molecule has 0 radical (unpaired) electrons. The summed E-state index contributed by atoms with van der Waals surface area (Å²) >= 11 is 0. The van der Waals surface area contributed by atoms with Gasteiger partial charge in [0, 0.05) is 18.4 Å². The molecule has 2 aromatic carbocycles. The van der Waals surface area contributed by atoms with Crippen LogP contribution in [0.5, 0.6) is 11.5 Å². The zero-order valence-electron chi connectivity index (χ0n) is 10.4. The number of halogens is 2. The first-order valence-corrected chi connectivity index (χ1v) is 7.39. The van der Waals surface area contributed by atoms with Gasteiger partial charge in [0.15, 0.2) is 21.4 Å². The summed E-state index contributed by atoms with van der Waals surface area (Å²) in [5.74, 6) is -1.89. The van der Waals surface area contributed by atoms with Crippen molar-refractivity contribution in [2.75, 3.05) is 12.0 Å². The van der Waals surface area contributed by atoms with Gasteiger partial charge >= 0.3 is 0 Å². The van der Waals surface area contributed by atoms with E-state index < -0.39 is 21.5 Å². The molecule has 0 heterocycles. The van der Waals surface area contributed by atoms with Crippen LogP contribution in [0.15, 0.2) is 41.3 Å². The molecule has 0 atom stereocenters. The topological polar surface area (TPSA) is 69.4 Å². The summed E-state index contributed by atoms with van der Waals surface area (Å²) in [4.78, 5) is 0.0328. The van der Waals surface area contributed by atoms with Crippen LogP contribution in [0.25, 0.3) is 0 Å². The molecule has 0 bridgehead atoms. The maximum Gasteiger partial charge on any atom is 0.175 e. The number of hydrogen-bond acceptors (Lipinski definition) is 4. The molecule has 2 N–H and O–H groups in total. The lowest BCUT2D eigenvalue weighted by molar-refractivity contribution is 0.470. The van der Waals surface area contributed by atoms with E-state index in [-0.39, 0.29) is 22.1 Å². The van der Waals surface area contributed by atoms with Crippen molar-refractivity contribution in [3.05, 3.63) is 48.0 Å². The largest absolute Gasteiger partial charge is 0.455 e. The van der Waals surface area contributed by atoms with E-state index in [1.165, 1.54) is 24.3 Å². The van der Waals surface area contributed by atoms with Crippen LogP contribution >= 0.6 is 0 Å². The number of hydrogen-bond donors (Lipinski definition) is 1. The molecule has 106 valence electrons. The fourth-order valence-corrected chi connectivity index (χ4v) is 2.20.